The first kappa shape index (κ1) is 29.0. The van der Waals surface area contributed by atoms with Crippen molar-refractivity contribution >= 4 is 22.6 Å². The average molecular weight is 562 g/mol. The molecule has 2 atom stereocenters. The number of hydrogen-bond acceptors (Lipinski definition) is 8. The first-order chi connectivity index (χ1) is 19.9. The van der Waals surface area contributed by atoms with E-state index in [9.17, 15) is 9.90 Å². The molecule has 9 heteroatoms. The zero-order valence-electron chi connectivity index (χ0n) is 24.0. The zero-order chi connectivity index (χ0) is 28.8. The summed E-state index contributed by atoms with van der Waals surface area (Å²) in [5.41, 5.74) is 3.48. The second-order valence-corrected chi connectivity index (χ2v) is 10.7. The molecule has 0 radical (unpaired) electrons. The quantitative estimate of drug-likeness (QED) is 0.319. The molecule has 2 unspecified atom stereocenters. The van der Waals surface area contributed by atoms with Crippen LogP contribution in [-0.2, 0) is 26.4 Å². The van der Waals surface area contributed by atoms with Crippen molar-refractivity contribution in [3.8, 4) is 5.75 Å². The van der Waals surface area contributed by atoms with Crippen LogP contribution in [0.5, 0.6) is 5.75 Å². The summed E-state index contributed by atoms with van der Waals surface area (Å²) in [6.45, 7) is 7.40. The maximum absolute atomic E-state index is 11.2. The Morgan fingerprint density at radius 1 is 1.22 bits per heavy atom. The average Bonchev–Trinajstić information content (AvgIpc) is 3.39. The van der Waals surface area contributed by atoms with Crippen molar-refractivity contribution in [2.45, 2.75) is 25.5 Å². The molecule has 1 aliphatic carbocycles. The van der Waals surface area contributed by atoms with E-state index in [1.807, 2.05) is 36.4 Å². The van der Waals surface area contributed by atoms with Gasteiger partial charge in [-0.2, -0.15) is 0 Å². The van der Waals surface area contributed by atoms with E-state index in [2.05, 4.69) is 36.1 Å². The standard InChI is InChI=1S/C32H39N3O6/c1-23-26(24-9-5-4-6-10-24)11-7-12-32(23,40-16-8-13-35-14-17-39-18-15-35)31-33-27-19-25(21-34(2)22-30(36)37)28(38-3)20-29(27)41-31/h4-7,9-12,19-20,23H,8,13-18,21-22H2,1-3H3,(H,36,37). The van der Waals surface area contributed by atoms with Crippen LogP contribution >= 0.6 is 0 Å². The van der Waals surface area contributed by atoms with E-state index < -0.39 is 11.6 Å². The molecule has 0 spiro atoms. The summed E-state index contributed by atoms with van der Waals surface area (Å²) in [4.78, 5) is 20.3. The Kier molecular flexibility index (Phi) is 9.19. The van der Waals surface area contributed by atoms with Crippen molar-refractivity contribution in [1.82, 2.24) is 14.8 Å². The number of carboxylic acid groups (broad SMARTS) is 1. The summed E-state index contributed by atoms with van der Waals surface area (Å²) >= 11 is 0. The van der Waals surface area contributed by atoms with E-state index in [0.717, 1.165) is 56.0 Å². The summed E-state index contributed by atoms with van der Waals surface area (Å²) in [5.74, 6) is 0.149. The Morgan fingerprint density at radius 2 is 2.00 bits per heavy atom. The lowest BCUT2D eigenvalue weighted by atomic mass is 9.76. The van der Waals surface area contributed by atoms with Crippen LogP contribution in [0, 0.1) is 5.92 Å². The zero-order valence-corrected chi connectivity index (χ0v) is 24.0. The molecule has 5 rings (SSSR count). The number of rotatable bonds is 12. The van der Waals surface area contributed by atoms with E-state index in [-0.39, 0.29) is 12.5 Å². The monoisotopic (exact) mass is 561 g/mol. The maximum Gasteiger partial charge on any atom is 0.317 e. The maximum atomic E-state index is 11.2. The van der Waals surface area contributed by atoms with Gasteiger partial charge in [-0.05, 0) is 36.7 Å². The highest BCUT2D eigenvalue weighted by atomic mass is 16.5. The number of carboxylic acids is 1. The summed E-state index contributed by atoms with van der Waals surface area (Å²) in [5, 5.41) is 9.19. The van der Waals surface area contributed by atoms with Gasteiger partial charge in [0, 0.05) is 50.3 Å². The SMILES string of the molecule is COc1cc2oc(C3(OCCCN4CCOCC4)C=CC=C(c4ccccc4)C3C)nc2cc1CN(C)CC(=O)O. The molecule has 9 nitrogen and oxygen atoms in total. The van der Waals surface area contributed by atoms with Gasteiger partial charge in [0.1, 0.15) is 11.3 Å². The van der Waals surface area contributed by atoms with E-state index in [0.29, 0.717) is 35.9 Å². The van der Waals surface area contributed by atoms with Gasteiger partial charge in [-0.1, -0.05) is 49.4 Å². The van der Waals surface area contributed by atoms with Crippen LogP contribution in [0.1, 0.15) is 30.4 Å². The molecule has 1 saturated heterocycles. The van der Waals surface area contributed by atoms with Crippen LogP contribution < -0.4 is 4.74 Å². The number of allylic oxidation sites excluding steroid dienone is 2. The van der Waals surface area contributed by atoms with Gasteiger partial charge in [0.05, 0.1) is 26.9 Å². The van der Waals surface area contributed by atoms with Gasteiger partial charge in [-0.15, -0.1) is 0 Å². The third kappa shape index (κ3) is 6.54. The Hall–Kier alpha value is -3.50. The number of hydrogen-bond donors (Lipinski definition) is 1. The molecule has 41 heavy (non-hydrogen) atoms. The third-order valence-electron chi connectivity index (χ3n) is 7.87. The molecular formula is C32H39N3O6. The third-order valence-corrected chi connectivity index (χ3v) is 7.87. The molecule has 1 aromatic heterocycles. The van der Waals surface area contributed by atoms with Crippen molar-refractivity contribution in [1.29, 1.82) is 0 Å². The minimum Gasteiger partial charge on any atom is -0.496 e. The summed E-state index contributed by atoms with van der Waals surface area (Å²) < 4.78 is 24.4. The van der Waals surface area contributed by atoms with Gasteiger partial charge in [0.15, 0.2) is 11.2 Å². The summed E-state index contributed by atoms with van der Waals surface area (Å²) in [7, 11) is 3.36. The van der Waals surface area contributed by atoms with Crippen LogP contribution in [0.4, 0.5) is 0 Å². The molecule has 1 aliphatic heterocycles. The second-order valence-electron chi connectivity index (χ2n) is 10.7. The smallest absolute Gasteiger partial charge is 0.317 e. The number of likely N-dealkylation sites (N-methyl/N-ethyl adjacent to an activating group) is 1. The first-order valence-corrected chi connectivity index (χ1v) is 14.2. The molecule has 2 aliphatic rings. The Balaban J connectivity index is 1.46. The number of aromatic nitrogens is 1. The number of fused-ring (bicyclic) bond motifs is 1. The minimum absolute atomic E-state index is 0.0746. The molecule has 0 bridgehead atoms. The molecule has 218 valence electrons. The molecular weight excluding hydrogens is 522 g/mol. The highest BCUT2D eigenvalue weighted by Gasteiger charge is 2.45. The summed E-state index contributed by atoms with van der Waals surface area (Å²) in [6.07, 6.45) is 7.10. The largest absolute Gasteiger partial charge is 0.496 e. The molecule has 1 N–H and O–H groups in total. The van der Waals surface area contributed by atoms with Gasteiger partial charge >= 0.3 is 5.97 Å². The molecule has 2 aromatic carbocycles. The molecule has 1 fully saturated rings. The van der Waals surface area contributed by atoms with Crippen LogP contribution in [0.2, 0.25) is 0 Å². The summed E-state index contributed by atoms with van der Waals surface area (Å²) in [6, 6.07) is 14.1. The van der Waals surface area contributed by atoms with Gasteiger partial charge in [-0.3, -0.25) is 14.6 Å². The lowest BCUT2D eigenvalue weighted by Gasteiger charge is -2.37. The van der Waals surface area contributed by atoms with Gasteiger partial charge in [0.2, 0.25) is 5.89 Å². The molecule has 0 amide bonds. The molecule has 0 saturated carbocycles. The van der Waals surface area contributed by atoms with E-state index >= 15 is 0 Å². The molecule has 3 aromatic rings. The van der Waals surface area contributed by atoms with E-state index in [1.54, 1.807) is 19.1 Å². The normalized spacial score (nSPS) is 21.4. The van der Waals surface area contributed by atoms with E-state index in [4.69, 9.17) is 23.6 Å². The number of morpholine rings is 1. The lowest BCUT2D eigenvalue weighted by Crippen LogP contribution is -2.39. The van der Waals surface area contributed by atoms with Crippen molar-refractivity contribution in [2.24, 2.45) is 5.92 Å². The lowest BCUT2D eigenvalue weighted by molar-refractivity contribution is -0.138. The Labute approximate surface area is 241 Å². The van der Waals surface area contributed by atoms with Gasteiger partial charge in [0.25, 0.3) is 0 Å². The fourth-order valence-electron chi connectivity index (χ4n) is 5.69. The van der Waals surface area contributed by atoms with Crippen molar-refractivity contribution in [2.75, 3.05) is 60.2 Å². The topological polar surface area (TPSA) is 97.5 Å². The first-order valence-electron chi connectivity index (χ1n) is 14.2. The fourth-order valence-corrected chi connectivity index (χ4v) is 5.69. The van der Waals surface area contributed by atoms with Crippen LogP contribution in [0.15, 0.2) is 65.1 Å². The number of nitrogens with zero attached hydrogens (tertiary/aromatic N) is 3. The number of ether oxygens (including phenoxy) is 3. The van der Waals surface area contributed by atoms with Crippen LogP contribution in [-0.4, -0.2) is 86.0 Å². The highest BCUT2D eigenvalue weighted by Crippen LogP contribution is 2.46. The highest BCUT2D eigenvalue weighted by molar-refractivity contribution is 5.77. The number of aliphatic carboxylic acids is 1. The van der Waals surface area contributed by atoms with E-state index in [1.165, 1.54) is 0 Å². The van der Waals surface area contributed by atoms with Gasteiger partial charge in [-0.25, -0.2) is 4.98 Å². The van der Waals surface area contributed by atoms with Crippen LogP contribution in [0.25, 0.3) is 16.7 Å². The van der Waals surface area contributed by atoms with Crippen molar-refractivity contribution in [3.63, 3.8) is 0 Å². The number of carbonyl (C=O) groups is 1. The fraction of sp³-hybridized carbons (Fsp3) is 0.438. The number of methoxy groups -OCH3 is 1. The Bertz CT molecular complexity index is 1400. The minimum atomic E-state index is -0.905. The van der Waals surface area contributed by atoms with Crippen molar-refractivity contribution in [3.05, 3.63) is 77.7 Å². The van der Waals surface area contributed by atoms with Crippen molar-refractivity contribution < 1.29 is 28.5 Å². The van der Waals surface area contributed by atoms with Crippen LogP contribution in [0.3, 0.4) is 0 Å². The Morgan fingerprint density at radius 3 is 2.73 bits per heavy atom. The number of benzene rings is 2. The van der Waals surface area contributed by atoms with Gasteiger partial charge < -0.3 is 23.7 Å². The number of oxazole rings is 1. The molecule has 2 heterocycles. The predicted octanol–water partition coefficient (Wildman–Crippen LogP) is 4.58. The second kappa shape index (κ2) is 13.0. The predicted molar refractivity (Wildman–Crippen MR) is 157 cm³/mol.